The van der Waals surface area contributed by atoms with Crippen molar-refractivity contribution in [3.8, 4) is 5.75 Å². The van der Waals surface area contributed by atoms with Crippen LogP contribution in [-0.2, 0) is 4.79 Å². The Kier molecular flexibility index (Phi) is 8.18. The summed E-state index contributed by atoms with van der Waals surface area (Å²) in [4.78, 5) is 15.9. The summed E-state index contributed by atoms with van der Waals surface area (Å²) in [7, 11) is 1.66. The summed E-state index contributed by atoms with van der Waals surface area (Å²) in [5.74, 6) is 0.439. The molecule has 3 N–H and O–H groups in total. The smallest absolute Gasteiger partial charge is 0.225 e. The van der Waals surface area contributed by atoms with Gasteiger partial charge in [-0.3, -0.25) is 9.79 Å². The molecule has 1 unspecified atom stereocenters. The number of guanidine groups is 1. The van der Waals surface area contributed by atoms with E-state index in [4.69, 9.17) is 4.74 Å². The lowest BCUT2D eigenvalue weighted by molar-refractivity contribution is -0.128. The van der Waals surface area contributed by atoms with Crippen LogP contribution in [0.2, 0.25) is 0 Å². The third kappa shape index (κ3) is 7.87. The number of hydrogen-bond donors (Lipinski definition) is 3. The van der Waals surface area contributed by atoms with E-state index < -0.39 is 5.41 Å². The van der Waals surface area contributed by atoms with Gasteiger partial charge in [0.05, 0.1) is 6.54 Å². The molecule has 0 aliphatic rings. The lowest BCUT2D eigenvalue weighted by atomic mass is 9.96. The van der Waals surface area contributed by atoms with Gasteiger partial charge in [-0.2, -0.15) is 0 Å². The Hall–Kier alpha value is -2.31. The Morgan fingerprint density at radius 2 is 1.84 bits per heavy atom. The van der Waals surface area contributed by atoms with E-state index in [-0.39, 0.29) is 23.6 Å². The SMILES string of the molecule is CN=C(NCCNC(=O)C(C)(C)C)NCC(C)Oc1ccccc1F. The summed E-state index contributed by atoms with van der Waals surface area (Å²) in [6, 6.07) is 6.30. The number of benzene rings is 1. The van der Waals surface area contributed by atoms with Crippen molar-refractivity contribution in [2.24, 2.45) is 10.4 Å². The summed E-state index contributed by atoms with van der Waals surface area (Å²) in [5.41, 5.74) is -0.403. The first-order valence-electron chi connectivity index (χ1n) is 8.38. The highest BCUT2D eigenvalue weighted by Crippen LogP contribution is 2.16. The Balaban J connectivity index is 2.30. The molecule has 0 bridgehead atoms. The van der Waals surface area contributed by atoms with Gasteiger partial charge in [-0.1, -0.05) is 32.9 Å². The zero-order chi connectivity index (χ0) is 18.9. The highest BCUT2D eigenvalue weighted by atomic mass is 19.1. The lowest BCUT2D eigenvalue weighted by Gasteiger charge is -2.19. The molecule has 0 aliphatic carbocycles. The predicted molar refractivity (Wildman–Crippen MR) is 98.3 cm³/mol. The normalized spacial score (nSPS) is 13.1. The van der Waals surface area contributed by atoms with E-state index in [9.17, 15) is 9.18 Å². The van der Waals surface area contributed by atoms with Crippen LogP contribution in [0.1, 0.15) is 27.7 Å². The maximum atomic E-state index is 13.6. The zero-order valence-corrected chi connectivity index (χ0v) is 15.6. The van der Waals surface area contributed by atoms with Gasteiger partial charge in [-0.25, -0.2) is 4.39 Å². The average molecular weight is 352 g/mol. The Labute approximate surface area is 149 Å². The fraction of sp³-hybridized carbons (Fsp3) is 0.556. The van der Waals surface area contributed by atoms with E-state index in [0.29, 0.717) is 25.6 Å². The molecular formula is C18H29FN4O2. The van der Waals surface area contributed by atoms with Crippen molar-refractivity contribution in [1.82, 2.24) is 16.0 Å². The minimum Gasteiger partial charge on any atom is -0.486 e. The van der Waals surface area contributed by atoms with E-state index >= 15 is 0 Å². The van der Waals surface area contributed by atoms with E-state index in [0.717, 1.165) is 0 Å². The maximum Gasteiger partial charge on any atom is 0.225 e. The maximum absolute atomic E-state index is 13.6. The third-order valence-corrected chi connectivity index (χ3v) is 3.33. The van der Waals surface area contributed by atoms with Crippen molar-refractivity contribution in [2.45, 2.75) is 33.8 Å². The first-order chi connectivity index (χ1) is 11.7. The van der Waals surface area contributed by atoms with E-state index in [1.54, 1.807) is 25.2 Å². The summed E-state index contributed by atoms with van der Waals surface area (Å²) >= 11 is 0. The van der Waals surface area contributed by atoms with Crippen LogP contribution in [0, 0.1) is 11.2 Å². The monoisotopic (exact) mass is 352 g/mol. The van der Waals surface area contributed by atoms with E-state index in [2.05, 4.69) is 20.9 Å². The van der Waals surface area contributed by atoms with Crippen molar-refractivity contribution in [3.05, 3.63) is 30.1 Å². The molecule has 0 fully saturated rings. The molecule has 1 aromatic rings. The third-order valence-electron chi connectivity index (χ3n) is 3.33. The second kappa shape index (κ2) is 9.86. The second-order valence-electron chi connectivity index (χ2n) is 6.74. The van der Waals surface area contributed by atoms with Crippen LogP contribution in [0.3, 0.4) is 0 Å². The van der Waals surface area contributed by atoms with Gasteiger partial charge in [0.2, 0.25) is 5.91 Å². The highest BCUT2D eigenvalue weighted by molar-refractivity contribution is 5.81. The number of nitrogens with one attached hydrogen (secondary N) is 3. The number of ether oxygens (including phenoxy) is 1. The number of carbonyl (C=O) groups excluding carboxylic acids is 1. The molecule has 1 aromatic carbocycles. The largest absolute Gasteiger partial charge is 0.486 e. The van der Waals surface area contributed by atoms with Crippen LogP contribution in [0.4, 0.5) is 4.39 Å². The number of rotatable bonds is 7. The summed E-state index contributed by atoms with van der Waals surface area (Å²) in [6.07, 6.45) is -0.240. The number of nitrogens with zero attached hydrogens (tertiary/aromatic N) is 1. The second-order valence-corrected chi connectivity index (χ2v) is 6.74. The van der Waals surface area contributed by atoms with Gasteiger partial charge in [0, 0.05) is 25.6 Å². The molecule has 0 spiro atoms. The molecule has 1 atom stereocenters. The average Bonchev–Trinajstić information content (AvgIpc) is 2.55. The first-order valence-corrected chi connectivity index (χ1v) is 8.38. The van der Waals surface area contributed by atoms with Gasteiger partial charge < -0.3 is 20.7 Å². The first kappa shape index (κ1) is 20.7. The quantitative estimate of drug-likeness (QED) is 0.398. The molecule has 7 heteroatoms. The fourth-order valence-corrected chi connectivity index (χ4v) is 1.88. The van der Waals surface area contributed by atoms with Crippen molar-refractivity contribution < 1.29 is 13.9 Å². The fourth-order valence-electron chi connectivity index (χ4n) is 1.88. The van der Waals surface area contributed by atoms with E-state index in [1.165, 1.54) is 6.07 Å². The van der Waals surface area contributed by atoms with Crippen LogP contribution in [0.5, 0.6) is 5.75 Å². The van der Waals surface area contributed by atoms with Crippen LogP contribution >= 0.6 is 0 Å². The Morgan fingerprint density at radius 1 is 1.20 bits per heavy atom. The lowest BCUT2D eigenvalue weighted by Crippen LogP contribution is -2.45. The van der Waals surface area contributed by atoms with Gasteiger partial charge in [-0.15, -0.1) is 0 Å². The number of hydrogen-bond acceptors (Lipinski definition) is 3. The molecule has 0 radical (unpaired) electrons. The summed E-state index contributed by atoms with van der Waals surface area (Å²) in [6.45, 7) is 8.95. The van der Waals surface area contributed by atoms with Gasteiger partial charge in [-0.05, 0) is 19.1 Å². The number of amides is 1. The highest BCUT2D eigenvalue weighted by Gasteiger charge is 2.20. The zero-order valence-electron chi connectivity index (χ0n) is 15.6. The standard InChI is InChI=1S/C18H29FN4O2/c1-13(25-15-9-7-6-8-14(15)19)12-23-17(20-5)22-11-10-21-16(24)18(2,3)4/h6-9,13H,10-12H2,1-5H3,(H,21,24)(H2,20,22,23). The molecule has 0 aromatic heterocycles. The molecule has 6 nitrogen and oxygen atoms in total. The molecule has 0 heterocycles. The molecule has 140 valence electrons. The summed E-state index contributed by atoms with van der Waals surface area (Å²) < 4.78 is 19.1. The molecular weight excluding hydrogens is 323 g/mol. The van der Waals surface area contributed by atoms with Crippen LogP contribution in [0.15, 0.2) is 29.3 Å². The van der Waals surface area contributed by atoms with Crippen molar-refractivity contribution in [2.75, 3.05) is 26.7 Å². The van der Waals surface area contributed by atoms with Crippen molar-refractivity contribution in [3.63, 3.8) is 0 Å². The minimum atomic E-state index is -0.403. The number of aliphatic imine (C=N–C) groups is 1. The minimum absolute atomic E-state index is 0.00385. The van der Waals surface area contributed by atoms with E-state index in [1.807, 2.05) is 27.7 Å². The Bertz CT molecular complexity index is 585. The molecule has 0 saturated heterocycles. The summed E-state index contributed by atoms with van der Waals surface area (Å²) in [5, 5.41) is 9.06. The molecule has 0 saturated carbocycles. The van der Waals surface area contributed by atoms with Gasteiger partial charge in [0.1, 0.15) is 6.10 Å². The molecule has 1 amide bonds. The number of para-hydroxylation sites is 1. The molecule has 25 heavy (non-hydrogen) atoms. The van der Waals surface area contributed by atoms with Crippen LogP contribution < -0.4 is 20.7 Å². The van der Waals surface area contributed by atoms with Crippen molar-refractivity contribution in [1.29, 1.82) is 0 Å². The van der Waals surface area contributed by atoms with Gasteiger partial charge >= 0.3 is 0 Å². The molecule has 0 aliphatic heterocycles. The van der Waals surface area contributed by atoms with Crippen molar-refractivity contribution >= 4 is 11.9 Å². The van der Waals surface area contributed by atoms with Gasteiger partial charge in [0.25, 0.3) is 0 Å². The van der Waals surface area contributed by atoms with Gasteiger partial charge in [0.15, 0.2) is 17.5 Å². The number of halogens is 1. The molecule has 1 rings (SSSR count). The van der Waals surface area contributed by atoms with Crippen LogP contribution in [0.25, 0.3) is 0 Å². The Morgan fingerprint density at radius 3 is 2.44 bits per heavy atom. The van der Waals surface area contributed by atoms with Crippen LogP contribution in [-0.4, -0.2) is 44.7 Å². The topological polar surface area (TPSA) is 74.8 Å². The predicted octanol–water partition coefficient (Wildman–Crippen LogP) is 1.92. The number of carbonyl (C=O) groups is 1.